The van der Waals surface area contributed by atoms with Crippen LogP contribution in [0.3, 0.4) is 0 Å². The van der Waals surface area contributed by atoms with Crippen LogP contribution in [-0.4, -0.2) is 56.5 Å². The monoisotopic (exact) mass is 278 g/mol. The highest BCUT2D eigenvalue weighted by atomic mass is 32.2. The van der Waals surface area contributed by atoms with E-state index in [0.29, 0.717) is 6.54 Å². The van der Waals surface area contributed by atoms with Crippen molar-refractivity contribution >= 4 is 10.0 Å². The molecule has 0 aromatic rings. The Morgan fingerprint density at radius 3 is 2.56 bits per heavy atom. The van der Waals surface area contributed by atoms with Gasteiger partial charge in [-0.05, 0) is 32.2 Å². The molecule has 0 radical (unpaired) electrons. The number of nitrogens with zero attached hydrogens (tertiary/aromatic N) is 1. The van der Waals surface area contributed by atoms with Crippen LogP contribution in [0.1, 0.15) is 39.0 Å². The summed E-state index contributed by atoms with van der Waals surface area (Å²) in [5, 5.41) is 9.37. The summed E-state index contributed by atoms with van der Waals surface area (Å²) in [5.74, 6) is 0.236. The third-order valence-electron chi connectivity index (χ3n) is 3.30. The van der Waals surface area contributed by atoms with Crippen LogP contribution >= 0.6 is 0 Å². The number of unbranched alkanes of at least 4 members (excludes halogenated alkanes) is 1. The second-order valence-electron chi connectivity index (χ2n) is 4.99. The zero-order valence-electron chi connectivity index (χ0n) is 11.3. The van der Waals surface area contributed by atoms with Gasteiger partial charge < -0.3 is 10.0 Å². The van der Waals surface area contributed by atoms with Crippen molar-refractivity contribution in [2.24, 2.45) is 0 Å². The van der Waals surface area contributed by atoms with Gasteiger partial charge in [-0.15, -0.1) is 0 Å². The summed E-state index contributed by atoms with van der Waals surface area (Å²) in [4.78, 5) is 2.28. The Bertz CT molecular complexity index is 311. The molecule has 1 aliphatic heterocycles. The van der Waals surface area contributed by atoms with Gasteiger partial charge >= 0.3 is 0 Å². The lowest BCUT2D eigenvalue weighted by Gasteiger charge is -2.29. The Labute approximate surface area is 111 Å². The number of sulfonamides is 1. The summed E-state index contributed by atoms with van der Waals surface area (Å²) in [5.41, 5.74) is 0. The molecule has 1 fully saturated rings. The lowest BCUT2D eigenvalue weighted by atomic mass is 10.1. The molecule has 0 atom stereocenters. The van der Waals surface area contributed by atoms with E-state index in [1.54, 1.807) is 0 Å². The normalized spacial score (nSPS) is 19.2. The molecule has 0 bridgehead atoms. The molecule has 2 N–H and O–H groups in total. The number of hydrogen-bond acceptors (Lipinski definition) is 4. The number of hydrogen-bond donors (Lipinski definition) is 2. The molecule has 1 aliphatic rings. The first-order chi connectivity index (χ1) is 8.53. The fourth-order valence-electron chi connectivity index (χ4n) is 2.08. The van der Waals surface area contributed by atoms with Crippen molar-refractivity contribution < 1.29 is 13.5 Å². The molecule has 5 nitrogen and oxygen atoms in total. The third-order valence-corrected chi connectivity index (χ3v) is 4.77. The molecule has 0 amide bonds. The third kappa shape index (κ3) is 6.68. The van der Waals surface area contributed by atoms with Gasteiger partial charge in [0, 0.05) is 19.6 Å². The van der Waals surface area contributed by atoms with Gasteiger partial charge in [0.15, 0.2) is 0 Å². The standard InChI is InChI=1S/C12H26N2O3S/c1-2-3-11-18(16,17)13-7-4-8-14-9-5-12(15)6-10-14/h12-13,15H,2-11H2,1H3. The van der Waals surface area contributed by atoms with Gasteiger partial charge in [-0.25, -0.2) is 13.1 Å². The van der Waals surface area contributed by atoms with Crippen LogP contribution < -0.4 is 4.72 Å². The summed E-state index contributed by atoms with van der Waals surface area (Å²) in [6.07, 6.45) is 3.98. The van der Waals surface area contributed by atoms with Crippen molar-refractivity contribution in [2.45, 2.75) is 45.1 Å². The maximum absolute atomic E-state index is 11.5. The molecule has 1 saturated heterocycles. The minimum Gasteiger partial charge on any atom is -0.393 e. The van der Waals surface area contributed by atoms with Gasteiger partial charge in [-0.1, -0.05) is 13.3 Å². The Hall–Kier alpha value is -0.170. The summed E-state index contributed by atoms with van der Waals surface area (Å²) in [6, 6.07) is 0. The predicted molar refractivity (Wildman–Crippen MR) is 73.0 cm³/mol. The smallest absolute Gasteiger partial charge is 0.211 e. The van der Waals surface area contributed by atoms with Crippen LogP contribution in [0.2, 0.25) is 0 Å². The van der Waals surface area contributed by atoms with Crippen LogP contribution in [0.4, 0.5) is 0 Å². The van der Waals surface area contributed by atoms with E-state index in [-0.39, 0.29) is 11.9 Å². The molecule has 1 heterocycles. The van der Waals surface area contributed by atoms with E-state index < -0.39 is 10.0 Å². The van der Waals surface area contributed by atoms with Crippen molar-refractivity contribution in [1.82, 2.24) is 9.62 Å². The second-order valence-corrected chi connectivity index (χ2v) is 6.92. The van der Waals surface area contributed by atoms with Gasteiger partial charge in [-0.2, -0.15) is 0 Å². The summed E-state index contributed by atoms with van der Waals surface area (Å²) in [6.45, 7) is 5.25. The number of likely N-dealkylation sites (tertiary alicyclic amines) is 1. The van der Waals surface area contributed by atoms with E-state index in [0.717, 1.165) is 51.7 Å². The van der Waals surface area contributed by atoms with E-state index >= 15 is 0 Å². The van der Waals surface area contributed by atoms with Gasteiger partial charge in [0.05, 0.1) is 11.9 Å². The largest absolute Gasteiger partial charge is 0.393 e. The molecule has 6 heteroatoms. The van der Waals surface area contributed by atoms with Crippen molar-refractivity contribution in [1.29, 1.82) is 0 Å². The molecule has 0 aromatic carbocycles. The van der Waals surface area contributed by atoms with Crippen LogP contribution in [0, 0.1) is 0 Å². The zero-order valence-corrected chi connectivity index (χ0v) is 12.1. The van der Waals surface area contributed by atoms with E-state index in [2.05, 4.69) is 9.62 Å². The van der Waals surface area contributed by atoms with Crippen molar-refractivity contribution in [2.75, 3.05) is 31.9 Å². The van der Waals surface area contributed by atoms with Gasteiger partial charge in [0.1, 0.15) is 0 Å². The van der Waals surface area contributed by atoms with E-state index in [1.165, 1.54) is 0 Å². The maximum Gasteiger partial charge on any atom is 0.211 e. The van der Waals surface area contributed by atoms with Crippen LogP contribution in [0.15, 0.2) is 0 Å². The molecule has 1 rings (SSSR count). The minimum atomic E-state index is -3.06. The molecule has 108 valence electrons. The van der Waals surface area contributed by atoms with Crippen molar-refractivity contribution in [3.63, 3.8) is 0 Å². The highest BCUT2D eigenvalue weighted by Crippen LogP contribution is 2.09. The van der Waals surface area contributed by atoms with Gasteiger partial charge in [0.25, 0.3) is 0 Å². The predicted octanol–water partition coefficient (Wildman–Crippen LogP) is 0.553. The van der Waals surface area contributed by atoms with Crippen molar-refractivity contribution in [3.8, 4) is 0 Å². The van der Waals surface area contributed by atoms with Crippen LogP contribution in [0.5, 0.6) is 0 Å². The highest BCUT2D eigenvalue weighted by Gasteiger charge is 2.16. The molecule has 0 unspecified atom stereocenters. The Morgan fingerprint density at radius 1 is 1.28 bits per heavy atom. The second kappa shape index (κ2) is 8.09. The lowest BCUT2D eigenvalue weighted by Crippen LogP contribution is -2.37. The van der Waals surface area contributed by atoms with Crippen molar-refractivity contribution in [3.05, 3.63) is 0 Å². The topological polar surface area (TPSA) is 69.6 Å². The number of rotatable bonds is 8. The molecule has 0 aromatic heterocycles. The quantitative estimate of drug-likeness (QED) is 0.636. The van der Waals surface area contributed by atoms with E-state index in [9.17, 15) is 13.5 Å². The van der Waals surface area contributed by atoms with E-state index in [1.807, 2.05) is 6.92 Å². The van der Waals surface area contributed by atoms with Crippen LogP contribution in [0.25, 0.3) is 0 Å². The fraction of sp³-hybridized carbons (Fsp3) is 1.00. The first kappa shape index (κ1) is 15.9. The van der Waals surface area contributed by atoms with Gasteiger partial charge in [0.2, 0.25) is 10.0 Å². The molecule has 0 saturated carbocycles. The fourth-order valence-corrected chi connectivity index (χ4v) is 3.35. The van der Waals surface area contributed by atoms with Gasteiger partial charge in [-0.3, -0.25) is 0 Å². The first-order valence-corrected chi connectivity index (χ1v) is 8.56. The van der Waals surface area contributed by atoms with E-state index in [4.69, 9.17) is 0 Å². The summed E-state index contributed by atoms with van der Waals surface area (Å²) < 4.78 is 25.7. The molecule has 0 spiro atoms. The first-order valence-electron chi connectivity index (χ1n) is 6.91. The maximum atomic E-state index is 11.5. The SMILES string of the molecule is CCCCS(=O)(=O)NCCCN1CCC(O)CC1. The molecular formula is C12H26N2O3S. The number of piperidine rings is 1. The Kier molecular flexibility index (Phi) is 7.14. The van der Waals surface area contributed by atoms with Crippen LogP contribution in [-0.2, 0) is 10.0 Å². The summed E-state index contributed by atoms with van der Waals surface area (Å²) >= 11 is 0. The number of aliphatic hydroxyl groups is 1. The average molecular weight is 278 g/mol. The molecular weight excluding hydrogens is 252 g/mol. The Morgan fingerprint density at radius 2 is 1.94 bits per heavy atom. The average Bonchev–Trinajstić information content (AvgIpc) is 2.34. The minimum absolute atomic E-state index is 0.145. The summed E-state index contributed by atoms with van der Waals surface area (Å²) in [7, 11) is -3.06. The number of nitrogens with one attached hydrogen (secondary N) is 1. The number of aliphatic hydroxyl groups excluding tert-OH is 1. The Balaban J connectivity index is 2.07. The molecule has 18 heavy (non-hydrogen) atoms. The zero-order chi connectivity index (χ0) is 13.4. The lowest BCUT2D eigenvalue weighted by molar-refractivity contribution is 0.0823. The highest BCUT2D eigenvalue weighted by molar-refractivity contribution is 7.89. The molecule has 0 aliphatic carbocycles.